The van der Waals surface area contributed by atoms with Gasteiger partial charge in [-0.05, 0) is 20.8 Å². The third kappa shape index (κ3) is 6.84. The van der Waals surface area contributed by atoms with Crippen molar-refractivity contribution in [3.63, 3.8) is 0 Å². The van der Waals surface area contributed by atoms with Gasteiger partial charge in [-0.1, -0.05) is 0 Å². The Hall–Kier alpha value is -1.17. The van der Waals surface area contributed by atoms with Crippen LogP contribution in [-0.2, 0) is 4.74 Å². The van der Waals surface area contributed by atoms with E-state index < -0.39 is 36.5 Å². The number of hydrogen-bond acceptors (Lipinski definition) is 3. The fraction of sp³-hybridized carbons (Fsp3) is 0.667. The lowest BCUT2D eigenvalue weighted by Crippen LogP contribution is -2.33. The summed E-state index contributed by atoms with van der Waals surface area (Å²) in [4.78, 5) is 11.0. The van der Waals surface area contributed by atoms with Gasteiger partial charge in [0.25, 0.3) is 0 Å². The van der Waals surface area contributed by atoms with Crippen molar-refractivity contribution in [2.45, 2.75) is 26.4 Å². The zero-order valence-corrected chi connectivity index (χ0v) is 8.93. The molecular formula is C9H15F2NO3. The minimum atomic E-state index is -1.30. The second kappa shape index (κ2) is 5.65. The first kappa shape index (κ1) is 13.8. The summed E-state index contributed by atoms with van der Waals surface area (Å²) >= 11 is 0. The van der Waals surface area contributed by atoms with Crippen molar-refractivity contribution in [3.8, 4) is 0 Å². The van der Waals surface area contributed by atoms with E-state index >= 15 is 0 Å². The molecule has 0 aromatic carbocycles. The molecule has 4 nitrogen and oxygen atoms in total. The number of halogens is 2. The van der Waals surface area contributed by atoms with Gasteiger partial charge in [-0.15, -0.1) is 0 Å². The normalized spacial score (nSPS) is 13.2. The van der Waals surface area contributed by atoms with Gasteiger partial charge in [0, 0.05) is 0 Å². The highest BCUT2D eigenvalue weighted by Crippen LogP contribution is 2.08. The van der Waals surface area contributed by atoms with Crippen molar-refractivity contribution < 1.29 is 23.4 Å². The van der Waals surface area contributed by atoms with E-state index in [9.17, 15) is 13.6 Å². The van der Waals surface area contributed by atoms with Crippen LogP contribution in [0.1, 0.15) is 20.8 Å². The summed E-state index contributed by atoms with van der Waals surface area (Å²) in [5.74, 6) is -2.52. The first-order chi connectivity index (χ1) is 6.76. The quantitative estimate of drug-likeness (QED) is 0.764. The lowest BCUT2D eigenvalue weighted by molar-refractivity contribution is 0.0529. The van der Waals surface area contributed by atoms with Crippen LogP contribution in [0.4, 0.5) is 13.6 Å². The summed E-state index contributed by atoms with van der Waals surface area (Å²) in [6.45, 7) is 3.27. The first-order valence-corrected chi connectivity index (χ1v) is 4.37. The molecule has 0 aliphatic heterocycles. The lowest BCUT2D eigenvalue weighted by Gasteiger charge is -2.19. The number of carbonyl (C=O) groups is 1. The Morgan fingerprint density at radius 2 is 1.87 bits per heavy atom. The van der Waals surface area contributed by atoms with E-state index in [4.69, 9.17) is 9.84 Å². The van der Waals surface area contributed by atoms with Gasteiger partial charge in [-0.3, -0.25) is 0 Å². The van der Waals surface area contributed by atoms with Crippen molar-refractivity contribution >= 4 is 6.09 Å². The Morgan fingerprint density at radius 3 is 2.27 bits per heavy atom. The molecule has 0 heterocycles. The summed E-state index contributed by atoms with van der Waals surface area (Å²) in [5, 5.41) is 10.2. The van der Waals surface area contributed by atoms with Gasteiger partial charge >= 0.3 is 6.09 Å². The molecular weight excluding hydrogens is 208 g/mol. The second-order valence-electron chi connectivity index (χ2n) is 3.82. The number of hydrogen-bond donors (Lipinski definition) is 2. The van der Waals surface area contributed by atoms with Crippen LogP contribution in [-0.4, -0.2) is 30.0 Å². The van der Waals surface area contributed by atoms with E-state index in [1.807, 2.05) is 5.32 Å². The molecule has 0 aromatic rings. The fourth-order valence-corrected chi connectivity index (χ4v) is 0.646. The largest absolute Gasteiger partial charge is 0.444 e. The monoisotopic (exact) mass is 223 g/mol. The maximum absolute atomic E-state index is 12.7. The van der Waals surface area contributed by atoms with E-state index in [2.05, 4.69) is 0 Å². The number of ether oxygens (including phenoxy) is 1. The van der Waals surface area contributed by atoms with Crippen LogP contribution in [0.2, 0.25) is 0 Å². The van der Waals surface area contributed by atoms with Crippen LogP contribution in [0.5, 0.6) is 0 Å². The molecule has 0 aliphatic rings. The summed E-state index contributed by atoms with van der Waals surface area (Å²) in [6.07, 6.45) is -0.844. The lowest BCUT2D eigenvalue weighted by atomic mass is 10.2. The molecule has 0 bridgehead atoms. The van der Waals surface area contributed by atoms with Crippen molar-refractivity contribution in [2.24, 2.45) is 0 Å². The number of aliphatic hydroxyl groups excluding tert-OH is 1. The molecule has 0 aliphatic carbocycles. The molecule has 15 heavy (non-hydrogen) atoms. The van der Waals surface area contributed by atoms with E-state index in [1.165, 1.54) is 0 Å². The zero-order valence-electron chi connectivity index (χ0n) is 8.93. The summed E-state index contributed by atoms with van der Waals surface area (Å²) in [5.41, 5.74) is -0.695. The van der Waals surface area contributed by atoms with Gasteiger partial charge in [-0.25, -0.2) is 13.6 Å². The Morgan fingerprint density at radius 1 is 1.33 bits per heavy atom. The Kier molecular flexibility index (Phi) is 5.21. The average Bonchev–Trinajstić information content (AvgIpc) is 2.10. The highest BCUT2D eigenvalue weighted by Gasteiger charge is 2.16. The van der Waals surface area contributed by atoms with Crippen LogP contribution in [0, 0.1) is 0 Å². The number of carbonyl (C=O) groups excluding carboxylic acids is 1. The molecule has 0 unspecified atom stereocenters. The molecule has 2 N–H and O–H groups in total. The molecule has 6 heteroatoms. The van der Waals surface area contributed by atoms with Gasteiger partial charge in [0.1, 0.15) is 5.60 Å². The molecule has 0 radical (unpaired) electrons. The standard InChI is InChI=1S/C9H15F2NO3/c1-9(2,3)15-8(14)12-4-6(10)7(11)5-13/h13H,4-5H2,1-3H3,(H,12,14)/b7-6+. The van der Waals surface area contributed by atoms with Crippen LogP contribution in [0.15, 0.2) is 11.7 Å². The Labute approximate surface area is 86.9 Å². The molecule has 1 amide bonds. The van der Waals surface area contributed by atoms with Gasteiger partial charge < -0.3 is 15.2 Å². The zero-order chi connectivity index (χ0) is 12.1. The molecule has 0 saturated carbocycles. The maximum Gasteiger partial charge on any atom is 0.408 e. The molecule has 0 spiro atoms. The predicted molar refractivity (Wildman–Crippen MR) is 50.6 cm³/mol. The number of aliphatic hydroxyl groups is 1. The smallest absolute Gasteiger partial charge is 0.408 e. The van der Waals surface area contributed by atoms with Crippen LogP contribution >= 0.6 is 0 Å². The van der Waals surface area contributed by atoms with Gasteiger partial charge in [-0.2, -0.15) is 0 Å². The summed E-state index contributed by atoms with van der Waals surface area (Å²) < 4.78 is 29.8. The maximum atomic E-state index is 12.7. The van der Waals surface area contributed by atoms with Crippen molar-refractivity contribution in [1.82, 2.24) is 5.32 Å². The Balaban J connectivity index is 4.03. The number of alkyl carbamates (subject to hydrolysis) is 1. The Bertz CT molecular complexity index is 259. The summed E-state index contributed by atoms with van der Waals surface area (Å²) in [6, 6.07) is 0. The van der Waals surface area contributed by atoms with E-state index in [0.717, 1.165) is 0 Å². The highest BCUT2D eigenvalue weighted by molar-refractivity contribution is 5.67. The molecule has 0 aromatic heterocycles. The van der Waals surface area contributed by atoms with Crippen LogP contribution < -0.4 is 5.32 Å². The average molecular weight is 223 g/mol. The van der Waals surface area contributed by atoms with Gasteiger partial charge in [0.05, 0.1) is 13.2 Å². The van der Waals surface area contributed by atoms with Crippen LogP contribution in [0.25, 0.3) is 0 Å². The van der Waals surface area contributed by atoms with Crippen LogP contribution in [0.3, 0.4) is 0 Å². The minimum Gasteiger partial charge on any atom is -0.444 e. The van der Waals surface area contributed by atoms with Crippen molar-refractivity contribution in [3.05, 3.63) is 11.7 Å². The molecule has 0 atom stereocenters. The third-order valence-electron chi connectivity index (χ3n) is 1.22. The van der Waals surface area contributed by atoms with Crippen molar-refractivity contribution in [2.75, 3.05) is 13.2 Å². The topological polar surface area (TPSA) is 58.6 Å². The summed E-state index contributed by atoms with van der Waals surface area (Å²) in [7, 11) is 0. The van der Waals surface area contributed by atoms with E-state index in [0.29, 0.717) is 0 Å². The van der Waals surface area contributed by atoms with Crippen molar-refractivity contribution in [1.29, 1.82) is 0 Å². The minimum absolute atomic E-state index is 0.638. The molecule has 0 fully saturated rings. The number of rotatable bonds is 3. The molecule has 0 rings (SSSR count). The van der Waals surface area contributed by atoms with E-state index in [-0.39, 0.29) is 0 Å². The highest BCUT2D eigenvalue weighted by atomic mass is 19.2. The van der Waals surface area contributed by atoms with Gasteiger partial charge in [0.2, 0.25) is 0 Å². The number of nitrogens with one attached hydrogen (secondary N) is 1. The fourth-order valence-electron chi connectivity index (χ4n) is 0.646. The third-order valence-corrected chi connectivity index (χ3v) is 1.22. The SMILES string of the molecule is CC(C)(C)OC(=O)NC/C(F)=C(\F)CO. The molecule has 0 saturated heterocycles. The second-order valence-corrected chi connectivity index (χ2v) is 3.82. The van der Waals surface area contributed by atoms with E-state index in [1.54, 1.807) is 20.8 Å². The number of amides is 1. The molecule has 88 valence electrons. The predicted octanol–water partition coefficient (Wildman–Crippen LogP) is 1.65. The van der Waals surface area contributed by atoms with Gasteiger partial charge in [0.15, 0.2) is 11.7 Å². The first-order valence-electron chi connectivity index (χ1n) is 4.37.